The maximum atomic E-state index is 5.55. The maximum Gasteiger partial charge on any atom is 0.227 e. The number of hydrogen-bond acceptors (Lipinski definition) is 4. The van der Waals surface area contributed by atoms with Crippen LogP contribution < -0.4 is 10.1 Å². The molecule has 0 unspecified atom stereocenters. The summed E-state index contributed by atoms with van der Waals surface area (Å²) in [5, 5.41) is 4.23. The summed E-state index contributed by atoms with van der Waals surface area (Å²) in [7, 11) is 0. The van der Waals surface area contributed by atoms with Crippen LogP contribution in [0.4, 0.5) is 11.6 Å². The van der Waals surface area contributed by atoms with Gasteiger partial charge in [-0.1, -0.05) is 29.8 Å². The van der Waals surface area contributed by atoms with Crippen molar-refractivity contribution < 1.29 is 4.74 Å². The number of aromatic nitrogens is 2. The zero-order valence-corrected chi connectivity index (χ0v) is 13.8. The minimum atomic E-state index is 0.136. The molecule has 0 aliphatic carbocycles. The average molecular weight is 412 g/mol. The van der Waals surface area contributed by atoms with Crippen molar-refractivity contribution in [1.29, 1.82) is 0 Å². The Morgan fingerprint density at radius 3 is 2.86 bits per heavy atom. The molecule has 0 bridgehead atoms. The molecular formula is C15H11ClIN3O. The molecule has 0 spiro atoms. The fourth-order valence-electron chi connectivity index (χ4n) is 1.90. The molecule has 106 valence electrons. The lowest BCUT2D eigenvalue weighted by atomic mass is 10.2. The van der Waals surface area contributed by atoms with E-state index in [4.69, 9.17) is 16.3 Å². The normalized spacial score (nSPS) is 10.6. The number of rotatable bonds is 4. The van der Waals surface area contributed by atoms with Crippen molar-refractivity contribution in [3.63, 3.8) is 0 Å². The summed E-state index contributed by atoms with van der Waals surface area (Å²) in [5.74, 6) is 1.30. The predicted molar refractivity (Wildman–Crippen MR) is 93.3 cm³/mol. The number of ether oxygens (including phenoxy) is 1. The van der Waals surface area contributed by atoms with Crippen LogP contribution in [0.1, 0.15) is 0 Å². The molecule has 1 aromatic heterocycles. The summed E-state index contributed by atoms with van der Waals surface area (Å²) in [6.07, 6.45) is 1.81. The highest BCUT2D eigenvalue weighted by Gasteiger charge is 2.05. The van der Waals surface area contributed by atoms with Crippen LogP contribution in [-0.4, -0.2) is 16.0 Å². The van der Waals surface area contributed by atoms with Crippen molar-refractivity contribution in [2.45, 2.75) is 0 Å². The number of anilines is 2. The lowest BCUT2D eigenvalue weighted by Crippen LogP contribution is -1.99. The molecule has 6 heteroatoms. The van der Waals surface area contributed by atoms with E-state index in [1.54, 1.807) is 0 Å². The van der Waals surface area contributed by atoms with Gasteiger partial charge >= 0.3 is 0 Å². The second-order valence-electron chi connectivity index (χ2n) is 4.27. The van der Waals surface area contributed by atoms with E-state index in [1.807, 2.05) is 48.7 Å². The van der Waals surface area contributed by atoms with Gasteiger partial charge in [0.25, 0.3) is 0 Å². The first kappa shape index (κ1) is 14.3. The van der Waals surface area contributed by atoms with E-state index >= 15 is 0 Å². The van der Waals surface area contributed by atoms with Crippen molar-refractivity contribution >= 4 is 56.7 Å². The van der Waals surface area contributed by atoms with Crippen molar-refractivity contribution in [2.75, 3.05) is 11.4 Å². The van der Waals surface area contributed by atoms with Crippen molar-refractivity contribution in [1.82, 2.24) is 9.97 Å². The fourth-order valence-corrected chi connectivity index (χ4v) is 2.65. The number of halogens is 2. The number of hydrogen-bond donors (Lipinski definition) is 1. The highest BCUT2D eigenvalue weighted by atomic mass is 127. The topological polar surface area (TPSA) is 47.0 Å². The van der Waals surface area contributed by atoms with Gasteiger partial charge in [0.15, 0.2) is 6.07 Å². The average Bonchev–Trinajstić information content (AvgIpc) is 2.50. The highest BCUT2D eigenvalue weighted by Crippen LogP contribution is 2.26. The van der Waals surface area contributed by atoms with Crippen LogP contribution in [0.5, 0.6) is 5.75 Å². The second kappa shape index (κ2) is 6.44. The summed E-state index contributed by atoms with van der Waals surface area (Å²) in [4.78, 5) is 8.82. The standard InChI is InChI=1S/C15H11ClIN3O/c16-9-21-11-5-6-14(12(17)7-11)20-15-18-8-10-3-1-2-4-13(10)19-15/h1-8H,9H2,(H,18,19,20). The number of fused-ring (bicyclic) bond motifs is 1. The number of alkyl halides is 1. The third-order valence-corrected chi connectivity index (χ3v) is 3.90. The van der Waals surface area contributed by atoms with Gasteiger partial charge in [-0.25, -0.2) is 9.97 Å². The Balaban J connectivity index is 1.87. The largest absolute Gasteiger partial charge is 0.478 e. The molecule has 1 heterocycles. The van der Waals surface area contributed by atoms with Gasteiger partial charge in [0.1, 0.15) is 5.75 Å². The van der Waals surface area contributed by atoms with E-state index in [1.165, 1.54) is 0 Å². The summed E-state index contributed by atoms with van der Waals surface area (Å²) in [5.41, 5.74) is 1.83. The minimum Gasteiger partial charge on any atom is -0.478 e. The van der Waals surface area contributed by atoms with Crippen LogP contribution in [0.3, 0.4) is 0 Å². The molecule has 21 heavy (non-hydrogen) atoms. The Morgan fingerprint density at radius 1 is 1.19 bits per heavy atom. The zero-order chi connectivity index (χ0) is 14.7. The van der Waals surface area contributed by atoms with E-state index in [-0.39, 0.29) is 6.07 Å². The minimum absolute atomic E-state index is 0.136. The smallest absolute Gasteiger partial charge is 0.227 e. The summed E-state index contributed by atoms with van der Waals surface area (Å²) >= 11 is 7.78. The van der Waals surface area contributed by atoms with E-state index < -0.39 is 0 Å². The second-order valence-corrected chi connectivity index (χ2v) is 5.65. The highest BCUT2D eigenvalue weighted by molar-refractivity contribution is 14.1. The SMILES string of the molecule is ClCOc1ccc(Nc2ncc3ccccc3n2)c(I)c1. The monoisotopic (exact) mass is 411 g/mol. The summed E-state index contributed by atoms with van der Waals surface area (Å²) in [6, 6.07) is 13.7. The van der Waals surface area contributed by atoms with E-state index in [9.17, 15) is 0 Å². The molecule has 4 nitrogen and oxygen atoms in total. The van der Waals surface area contributed by atoms with Gasteiger partial charge in [-0.2, -0.15) is 0 Å². The van der Waals surface area contributed by atoms with Crippen molar-refractivity contribution in [2.24, 2.45) is 0 Å². The first-order valence-corrected chi connectivity index (χ1v) is 7.85. The van der Waals surface area contributed by atoms with Gasteiger partial charge in [-0.05, 0) is 46.9 Å². The van der Waals surface area contributed by atoms with Gasteiger partial charge in [-0.3, -0.25) is 0 Å². The lowest BCUT2D eigenvalue weighted by Gasteiger charge is -2.09. The predicted octanol–water partition coefficient (Wildman–Crippen LogP) is 4.55. The lowest BCUT2D eigenvalue weighted by molar-refractivity contribution is 0.388. The van der Waals surface area contributed by atoms with Crippen LogP contribution in [0.15, 0.2) is 48.7 Å². The molecule has 0 atom stereocenters. The third-order valence-electron chi connectivity index (χ3n) is 2.90. The van der Waals surface area contributed by atoms with E-state index in [2.05, 4.69) is 37.9 Å². The van der Waals surface area contributed by atoms with Gasteiger partial charge in [-0.15, -0.1) is 0 Å². The molecule has 0 amide bonds. The maximum absolute atomic E-state index is 5.55. The Labute approximate surface area is 140 Å². The summed E-state index contributed by atoms with van der Waals surface area (Å²) < 4.78 is 6.26. The van der Waals surface area contributed by atoms with Gasteiger partial charge in [0.05, 0.1) is 11.2 Å². The number of nitrogens with one attached hydrogen (secondary N) is 1. The molecule has 0 saturated carbocycles. The quantitative estimate of drug-likeness (QED) is 0.505. The molecule has 0 saturated heterocycles. The van der Waals surface area contributed by atoms with Gasteiger partial charge in [0, 0.05) is 15.2 Å². The van der Waals surface area contributed by atoms with Crippen LogP contribution in [0, 0.1) is 3.57 Å². The molecular weight excluding hydrogens is 401 g/mol. The fraction of sp³-hybridized carbons (Fsp3) is 0.0667. The number of nitrogens with zero attached hydrogens (tertiary/aromatic N) is 2. The third kappa shape index (κ3) is 3.36. The molecule has 0 aliphatic heterocycles. The number of para-hydroxylation sites is 1. The molecule has 2 aromatic carbocycles. The Morgan fingerprint density at radius 2 is 2.05 bits per heavy atom. The van der Waals surface area contributed by atoms with Crippen LogP contribution in [0.2, 0.25) is 0 Å². The Kier molecular flexibility index (Phi) is 4.40. The van der Waals surface area contributed by atoms with E-state index in [0.717, 1.165) is 25.9 Å². The molecule has 3 aromatic rings. The van der Waals surface area contributed by atoms with Crippen molar-refractivity contribution in [3.05, 3.63) is 52.2 Å². The van der Waals surface area contributed by atoms with Crippen molar-refractivity contribution in [3.8, 4) is 5.75 Å². The first-order valence-electron chi connectivity index (χ1n) is 6.23. The van der Waals surface area contributed by atoms with E-state index in [0.29, 0.717) is 5.95 Å². The van der Waals surface area contributed by atoms with Crippen LogP contribution >= 0.6 is 34.2 Å². The Hall–Kier alpha value is -1.60. The molecule has 1 N–H and O–H groups in total. The molecule has 0 aliphatic rings. The Bertz CT molecular complexity index is 782. The van der Waals surface area contributed by atoms with Gasteiger partial charge < -0.3 is 10.1 Å². The molecule has 3 rings (SSSR count). The molecule has 0 radical (unpaired) electrons. The number of benzene rings is 2. The van der Waals surface area contributed by atoms with Gasteiger partial charge in [0.2, 0.25) is 5.95 Å². The summed E-state index contributed by atoms with van der Waals surface area (Å²) in [6.45, 7) is 0. The molecule has 0 fully saturated rings. The van der Waals surface area contributed by atoms with Crippen LogP contribution in [-0.2, 0) is 0 Å². The zero-order valence-electron chi connectivity index (χ0n) is 10.9. The van der Waals surface area contributed by atoms with Crippen LogP contribution in [0.25, 0.3) is 10.9 Å². The first-order chi connectivity index (χ1) is 10.3.